The van der Waals surface area contributed by atoms with Gasteiger partial charge in [-0.05, 0) is 24.3 Å². The molecule has 0 N–H and O–H groups in total. The van der Waals surface area contributed by atoms with Crippen molar-refractivity contribution in [2.24, 2.45) is 0 Å². The Balaban J connectivity index is 0.000000403. The fourth-order valence-corrected chi connectivity index (χ4v) is 1.98. The Bertz CT molecular complexity index is 596. The number of phosphoric acid groups is 2. The number of benzene rings is 2. The predicted molar refractivity (Wildman–Crippen MR) is 69.4 cm³/mol. The molecule has 0 aliphatic carbocycles. The summed E-state index contributed by atoms with van der Waals surface area (Å²) in [7, 11) is -9.78. The van der Waals surface area contributed by atoms with E-state index in [4.69, 9.17) is 0 Å². The van der Waals surface area contributed by atoms with Crippen LogP contribution < -0.4 is 28.6 Å². The Morgan fingerprint density at radius 1 is 0.609 bits per heavy atom. The Labute approximate surface area is 147 Å². The van der Waals surface area contributed by atoms with Crippen LogP contribution in [0, 0.1) is 0 Å². The van der Waals surface area contributed by atoms with Gasteiger partial charge in [0.25, 0.3) is 0 Å². The van der Waals surface area contributed by atoms with Crippen LogP contribution in [0.5, 0.6) is 11.5 Å². The molecule has 2 aromatic carbocycles. The summed E-state index contributed by atoms with van der Waals surface area (Å²) in [5.74, 6) is 0.0849. The van der Waals surface area contributed by atoms with Gasteiger partial charge in [-0.2, -0.15) is 0 Å². The summed E-state index contributed by atoms with van der Waals surface area (Å²) in [6.07, 6.45) is 0. The largest absolute Gasteiger partial charge is 4.00 e. The van der Waals surface area contributed by atoms with Gasteiger partial charge >= 0.3 is 21.7 Å². The molecule has 0 spiro atoms. The van der Waals surface area contributed by atoms with Crippen molar-refractivity contribution in [3.63, 3.8) is 0 Å². The van der Waals surface area contributed by atoms with E-state index in [2.05, 4.69) is 9.05 Å². The summed E-state index contributed by atoms with van der Waals surface area (Å²) in [5, 5.41) is 0. The van der Waals surface area contributed by atoms with Gasteiger partial charge in [0.15, 0.2) is 0 Å². The summed E-state index contributed by atoms with van der Waals surface area (Å²) in [6, 6.07) is 15.2. The second-order valence-electron chi connectivity index (χ2n) is 3.70. The zero-order valence-electron chi connectivity index (χ0n) is 11.4. The van der Waals surface area contributed by atoms with E-state index < -0.39 is 15.6 Å². The number of para-hydroxylation sites is 2. The maximum atomic E-state index is 10.1. The number of hydrogen-bond donors (Lipinski definition) is 0. The fraction of sp³-hybridized carbons (Fsp3) is 0. The molecule has 23 heavy (non-hydrogen) atoms. The summed E-state index contributed by atoms with van der Waals surface area (Å²) in [5.41, 5.74) is 0. The standard InChI is InChI=1S/2C6H7O4P.Ti/c2*7-11(8,9)10-6-4-2-1-3-5-6;/h2*1-5H,(H2,7,8,9);/q;;+4/p-4. The van der Waals surface area contributed by atoms with E-state index in [0.717, 1.165) is 0 Å². The molecule has 0 aliphatic heterocycles. The molecule has 0 amide bonds. The molecule has 2 aromatic rings. The van der Waals surface area contributed by atoms with E-state index in [1.807, 2.05) is 0 Å². The molecule has 0 radical (unpaired) electrons. The molecule has 0 saturated heterocycles. The van der Waals surface area contributed by atoms with E-state index in [-0.39, 0.29) is 33.2 Å². The second-order valence-corrected chi connectivity index (χ2v) is 5.86. The quantitative estimate of drug-likeness (QED) is 0.513. The van der Waals surface area contributed by atoms with Gasteiger partial charge in [-0.25, -0.2) is 0 Å². The molecular weight excluding hydrogens is 382 g/mol. The van der Waals surface area contributed by atoms with Gasteiger partial charge in [0.2, 0.25) is 0 Å². The van der Waals surface area contributed by atoms with Crippen molar-refractivity contribution in [3.05, 3.63) is 60.7 Å². The van der Waals surface area contributed by atoms with Gasteiger partial charge < -0.3 is 37.8 Å². The van der Waals surface area contributed by atoms with Gasteiger partial charge in [0, 0.05) is 0 Å². The summed E-state index contributed by atoms with van der Waals surface area (Å²) < 4.78 is 28.2. The van der Waals surface area contributed by atoms with Crippen molar-refractivity contribution in [1.29, 1.82) is 0 Å². The molecule has 2 rings (SSSR count). The van der Waals surface area contributed by atoms with E-state index >= 15 is 0 Å². The van der Waals surface area contributed by atoms with Crippen LogP contribution >= 0.6 is 15.6 Å². The molecule has 0 unspecified atom stereocenters. The second kappa shape index (κ2) is 10.0. The average Bonchev–Trinajstić information content (AvgIpc) is 2.38. The first kappa shape index (κ1) is 22.1. The smallest absolute Gasteiger partial charge is 0.780 e. The minimum atomic E-state index is -4.89. The molecule has 0 saturated carbocycles. The summed E-state index contributed by atoms with van der Waals surface area (Å²) in [4.78, 5) is 40.2. The minimum absolute atomic E-state index is 0. The van der Waals surface area contributed by atoms with Crippen molar-refractivity contribution in [2.75, 3.05) is 0 Å². The van der Waals surface area contributed by atoms with Crippen molar-refractivity contribution >= 4 is 15.6 Å². The molecule has 0 heterocycles. The first-order chi connectivity index (χ1) is 10.2. The average molecular weight is 392 g/mol. The zero-order valence-corrected chi connectivity index (χ0v) is 14.8. The predicted octanol–water partition coefficient (Wildman–Crippen LogP) is -0.214. The summed E-state index contributed by atoms with van der Waals surface area (Å²) in [6.45, 7) is 0. The molecule has 0 aromatic heterocycles. The van der Waals surface area contributed by atoms with Crippen LogP contribution in [0.25, 0.3) is 0 Å². The monoisotopic (exact) mass is 392 g/mol. The summed E-state index contributed by atoms with van der Waals surface area (Å²) >= 11 is 0. The number of phosphoric ester groups is 2. The molecule has 0 atom stereocenters. The van der Waals surface area contributed by atoms with E-state index in [0.29, 0.717) is 0 Å². The zero-order chi connectivity index (χ0) is 16.6. The molecule has 8 nitrogen and oxygen atoms in total. The van der Waals surface area contributed by atoms with E-state index in [9.17, 15) is 28.7 Å². The van der Waals surface area contributed by atoms with Gasteiger partial charge in [-0.3, -0.25) is 0 Å². The maximum absolute atomic E-state index is 10.1. The molecule has 0 aliphatic rings. The van der Waals surface area contributed by atoms with Crippen LogP contribution in [0.15, 0.2) is 60.7 Å². The van der Waals surface area contributed by atoms with Crippen molar-refractivity contribution < 1.29 is 59.5 Å². The third-order valence-electron chi connectivity index (χ3n) is 1.92. The van der Waals surface area contributed by atoms with Crippen LogP contribution in [0.2, 0.25) is 0 Å². The molecule has 0 fully saturated rings. The van der Waals surface area contributed by atoms with Crippen LogP contribution in [0.3, 0.4) is 0 Å². The van der Waals surface area contributed by atoms with Crippen LogP contribution in [0.1, 0.15) is 0 Å². The Morgan fingerprint density at radius 2 is 0.870 bits per heavy atom. The first-order valence-electron chi connectivity index (χ1n) is 5.69. The third-order valence-corrected chi connectivity index (χ3v) is 2.79. The molecule has 0 bridgehead atoms. The Kier molecular flexibility index (Phi) is 9.62. The Hall–Kier alpha value is -0.946. The first-order valence-corrected chi connectivity index (χ1v) is 8.61. The normalized spacial score (nSPS) is 10.6. The van der Waals surface area contributed by atoms with Gasteiger partial charge in [-0.1, -0.05) is 36.4 Å². The van der Waals surface area contributed by atoms with E-state index in [1.165, 1.54) is 24.3 Å². The number of rotatable bonds is 4. The van der Waals surface area contributed by atoms with Gasteiger partial charge in [0.05, 0.1) is 0 Å². The molecular formula is C12H10O8P2Ti. The van der Waals surface area contributed by atoms with E-state index in [1.54, 1.807) is 36.4 Å². The number of hydrogen-bond acceptors (Lipinski definition) is 8. The molecule has 11 heteroatoms. The fourth-order valence-electron chi connectivity index (χ4n) is 1.22. The maximum Gasteiger partial charge on any atom is 4.00 e. The third kappa shape index (κ3) is 12.2. The Morgan fingerprint density at radius 3 is 1.09 bits per heavy atom. The van der Waals surface area contributed by atoms with Crippen LogP contribution in [0.4, 0.5) is 0 Å². The van der Waals surface area contributed by atoms with Gasteiger partial charge in [0.1, 0.15) is 27.1 Å². The van der Waals surface area contributed by atoms with Gasteiger partial charge in [-0.15, -0.1) is 0 Å². The van der Waals surface area contributed by atoms with Crippen LogP contribution in [-0.2, 0) is 30.8 Å². The van der Waals surface area contributed by atoms with Crippen molar-refractivity contribution in [3.8, 4) is 11.5 Å². The SMILES string of the molecule is O=P([O-])([O-])Oc1ccccc1.O=P([O-])([O-])Oc1ccccc1.[Ti+4]. The van der Waals surface area contributed by atoms with Crippen molar-refractivity contribution in [1.82, 2.24) is 0 Å². The molecule has 120 valence electrons. The topological polar surface area (TPSA) is 145 Å². The van der Waals surface area contributed by atoms with Crippen molar-refractivity contribution in [2.45, 2.75) is 0 Å². The minimum Gasteiger partial charge on any atom is -0.780 e. The van der Waals surface area contributed by atoms with Crippen LogP contribution in [-0.4, -0.2) is 0 Å².